The summed E-state index contributed by atoms with van der Waals surface area (Å²) < 4.78 is 10.1. The number of likely N-dealkylation sites (tertiary alicyclic amines) is 1. The molecule has 2 heterocycles. The number of amides is 1. The van der Waals surface area contributed by atoms with E-state index < -0.39 is 0 Å². The van der Waals surface area contributed by atoms with Gasteiger partial charge >= 0.3 is 11.9 Å². The Morgan fingerprint density at radius 2 is 1.81 bits per heavy atom. The summed E-state index contributed by atoms with van der Waals surface area (Å²) in [6.45, 7) is 4.19. The summed E-state index contributed by atoms with van der Waals surface area (Å²) in [5.74, 6) is -0.641. The van der Waals surface area contributed by atoms with Crippen molar-refractivity contribution < 1.29 is 23.9 Å². The van der Waals surface area contributed by atoms with E-state index in [1.165, 1.54) is 30.4 Å². The predicted molar refractivity (Wildman–Crippen MR) is 119 cm³/mol. The van der Waals surface area contributed by atoms with Crippen molar-refractivity contribution in [3.05, 3.63) is 35.5 Å². The molecule has 4 rings (SSSR count). The number of ether oxygens (including phenoxy) is 2. The quantitative estimate of drug-likeness (QED) is 0.662. The van der Waals surface area contributed by atoms with Crippen LogP contribution in [0.2, 0.25) is 0 Å². The van der Waals surface area contributed by atoms with Gasteiger partial charge in [-0.3, -0.25) is 14.4 Å². The van der Waals surface area contributed by atoms with E-state index in [1.54, 1.807) is 4.90 Å². The zero-order valence-corrected chi connectivity index (χ0v) is 18.9. The Morgan fingerprint density at radius 3 is 2.47 bits per heavy atom. The van der Waals surface area contributed by atoms with Crippen LogP contribution in [0, 0.1) is 5.92 Å². The summed E-state index contributed by atoms with van der Waals surface area (Å²) in [6.07, 6.45) is 3.86. The van der Waals surface area contributed by atoms with Crippen LogP contribution in [0.15, 0.2) is 24.4 Å². The molecule has 8 nitrogen and oxygen atoms in total. The van der Waals surface area contributed by atoms with E-state index in [0.717, 1.165) is 18.4 Å². The number of aromatic nitrogens is 1. The second kappa shape index (κ2) is 9.32. The number of carbonyl (C=O) groups excluding carboxylic acids is 3. The molecule has 8 heteroatoms. The third-order valence-corrected chi connectivity index (χ3v) is 6.72. The van der Waals surface area contributed by atoms with E-state index in [9.17, 15) is 14.4 Å². The molecule has 172 valence electrons. The normalized spacial score (nSPS) is 22.3. The van der Waals surface area contributed by atoms with E-state index in [4.69, 9.17) is 9.47 Å². The van der Waals surface area contributed by atoms with Crippen molar-refractivity contribution in [1.29, 1.82) is 0 Å². The fourth-order valence-electron chi connectivity index (χ4n) is 5.31. The van der Waals surface area contributed by atoms with E-state index in [-0.39, 0.29) is 56.0 Å². The number of benzene rings is 1. The van der Waals surface area contributed by atoms with Gasteiger partial charge in [0.1, 0.15) is 13.2 Å². The Hall–Kier alpha value is -2.87. The minimum absolute atomic E-state index is 0.0154. The van der Waals surface area contributed by atoms with Crippen LogP contribution in [0.25, 0.3) is 10.9 Å². The number of likely N-dealkylation sites (N-methyl/N-ethyl adjacent to an activating group) is 1. The number of aromatic amines is 1. The summed E-state index contributed by atoms with van der Waals surface area (Å²) in [4.78, 5) is 43.2. The van der Waals surface area contributed by atoms with Gasteiger partial charge in [-0.1, -0.05) is 12.1 Å². The summed E-state index contributed by atoms with van der Waals surface area (Å²) in [7, 11) is 2.09. The van der Waals surface area contributed by atoms with Gasteiger partial charge < -0.3 is 24.3 Å². The van der Waals surface area contributed by atoms with Crippen molar-refractivity contribution in [1.82, 2.24) is 14.8 Å². The largest absolute Gasteiger partial charge is 0.464 e. The van der Waals surface area contributed by atoms with E-state index in [1.807, 2.05) is 0 Å². The number of nitrogens with one attached hydrogen (secondary N) is 1. The van der Waals surface area contributed by atoms with Crippen LogP contribution in [0.1, 0.15) is 37.3 Å². The number of carbonyl (C=O) groups is 3. The summed E-state index contributed by atoms with van der Waals surface area (Å²) >= 11 is 0. The Kier molecular flexibility index (Phi) is 6.50. The zero-order valence-electron chi connectivity index (χ0n) is 18.9. The standard InChI is InChI=1S/C24H31N3O5/c1-15(28)31-9-7-27(8-10-32-16(2)29)24(30)18-11-20-19-5-4-6-21-23(19)17(13-25-21)12-22(20)26(3)14-18/h4-6,13,18,20,22,25H,7-12,14H2,1-3H3/t18-,20?,22-/m1/s1. The Balaban J connectivity index is 1.52. The second-order valence-corrected chi connectivity index (χ2v) is 8.84. The number of esters is 2. The van der Waals surface area contributed by atoms with Gasteiger partial charge in [0.2, 0.25) is 5.91 Å². The Bertz CT molecular complexity index is 996. The molecule has 0 radical (unpaired) electrons. The van der Waals surface area contributed by atoms with Crippen molar-refractivity contribution in [2.24, 2.45) is 5.92 Å². The van der Waals surface area contributed by atoms with Crippen LogP contribution in [0.4, 0.5) is 0 Å². The molecule has 32 heavy (non-hydrogen) atoms. The number of hydrogen-bond acceptors (Lipinski definition) is 6. The molecule has 0 bridgehead atoms. The van der Waals surface area contributed by atoms with Crippen LogP contribution < -0.4 is 0 Å². The lowest BCUT2D eigenvalue weighted by molar-refractivity contribution is -0.148. The van der Waals surface area contributed by atoms with E-state index in [0.29, 0.717) is 12.6 Å². The lowest BCUT2D eigenvalue weighted by atomic mass is 9.72. The number of H-pyrrole nitrogens is 1. The lowest BCUT2D eigenvalue weighted by Gasteiger charge is -2.45. The van der Waals surface area contributed by atoms with Crippen molar-refractivity contribution in [3.63, 3.8) is 0 Å². The third-order valence-electron chi connectivity index (χ3n) is 6.72. The maximum atomic E-state index is 13.5. The first-order valence-electron chi connectivity index (χ1n) is 11.2. The summed E-state index contributed by atoms with van der Waals surface area (Å²) in [5, 5.41) is 1.30. The van der Waals surface area contributed by atoms with Crippen molar-refractivity contribution >= 4 is 28.7 Å². The lowest BCUT2D eigenvalue weighted by Crippen LogP contribution is -2.52. The van der Waals surface area contributed by atoms with Crippen molar-refractivity contribution in [3.8, 4) is 0 Å². The Labute approximate surface area is 187 Å². The molecular weight excluding hydrogens is 410 g/mol. The predicted octanol–water partition coefficient (Wildman–Crippen LogP) is 2.08. The molecule has 1 saturated heterocycles. The Morgan fingerprint density at radius 1 is 1.12 bits per heavy atom. The molecule has 1 aliphatic carbocycles. The highest BCUT2D eigenvalue weighted by molar-refractivity contribution is 5.88. The number of hydrogen-bond donors (Lipinski definition) is 1. The molecule has 1 aliphatic heterocycles. The van der Waals surface area contributed by atoms with Gasteiger partial charge in [0.25, 0.3) is 0 Å². The first kappa shape index (κ1) is 22.3. The van der Waals surface area contributed by atoms with Crippen LogP contribution in [-0.4, -0.2) is 78.6 Å². The molecule has 1 aromatic carbocycles. The highest BCUT2D eigenvalue weighted by Gasteiger charge is 2.42. The average Bonchev–Trinajstić information content (AvgIpc) is 3.16. The van der Waals surface area contributed by atoms with Gasteiger partial charge in [-0.25, -0.2) is 0 Å². The molecule has 1 amide bonds. The highest BCUT2D eigenvalue weighted by atomic mass is 16.5. The second-order valence-electron chi connectivity index (χ2n) is 8.84. The van der Waals surface area contributed by atoms with Gasteiger partial charge in [-0.15, -0.1) is 0 Å². The van der Waals surface area contributed by atoms with Crippen LogP contribution in [0.3, 0.4) is 0 Å². The van der Waals surface area contributed by atoms with Crippen LogP contribution >= 0.6 is 0 Å². The summed E-state index contributed by atoms with van der Waals surface area (Å²) in [6, 6.07) is 6.74. The van der Waals surface area contributed by atoms with Gasteiger partial charge in [0.15, 0.2) is 0 Å². The molecular formula is C24H31N3O5. The smallest absolute Gasteiger partial charge is 0.302 e. The van der Waals surface area contributed by atoms with E-state index in [2.05, 4.69) is 41.3 Å². The maximum Gasteiger partial charge on any atom is 0.302 e. The molecule has 3 atom stereocenters. The highest BCUT2D eigenvalue weighted by Crippen LogP contribution is 2.44. The molecule has 2 aromatic rings. The van der Waals surface area contributed by atoms with Crippen LogP contribution in [-0.2, 0) is 30.3 Å². The molecule has 1 N–H and O–H groups in total. The number of rotatable bonds is 7. The van der Waals surface area contributed by atoms with E-state index >= 15 is 0 Å². The van der Waals surface area contributed by atoms with Crippen molar-refractivity contribution in [2.45, 2.75) is 38.6 Å². The van der Waals surface area contributed by atoms with Gasteiger partial charge in [-0.05, 0) is 37.1 Å². The fourth-order valence-corrected chi connectivity index (χ4v) is 5.31. The van der Waals surface area contributed by atoms with Crippen molar-refractivity contribution in [2.75, 3.05) is 39.9 Å². The monoisotopic (exact) mass is 441 g/mol. The molecule has 2 aliphatic rings. The molecule has 0 spiro atoms. The third kappa shape index (κ3) is 4.50. The van der Waals surface area contributed by atoms with Gasteiger partial charge in [0.05, 0.1) is 19.0 Å². The average molecular weight is 442 g/mol. The van der Waals surface area contributed by atoms with Gasteiger partial charge in [0, 0.05) is 49.5 Å². The summed E-state index contributed by atoms with van der Waals surface area (Å²) in [5.41, 5.74) is 3.81. The number of fused-ring (bicyclic) bond motifs is 2. The molecule has 1 aromatic heterocycles. The molecule has 0 saturated carbocycles. The maximum absolute atomic E-state index is 13.5. The first-order valence-corrected chi connectivity index (χ1v) is 11.2. The molecule has 1 unspecified atom stereocenters. The topological polar surface area (TPSA) is 91.9 Å². The first-order chi connectivity index (χ1) is 15.3. The fraction of sp³-hybridized carbons (Fsp3) is 0.542. The minimum atomic E-state index is -0.379. The minimum Gasteiger partial charge on any atom is -0.464 e. The van der Waals surface area contributed by atoms with Crippen LogP contribution in [0.5, 0.6) is 0 Å². The van der Waals surface area contributed by atoms with Gasteiger partial charge in [-0.2, -0.15) is 0 Å². The zero-order chi connectivity index (χ0) is 22.8. The molecule has 1 fully saturated rings. The number of nitrogens with zero attached hydrogens (tertiary/aromatic N) is 2. The SMILES string of the molecule is CC(=O)OCCN(CCOC(C)=O)C(=O)[C@@H]1CC2c3cccc4[nH]cc(c34)C[C@H]2N(C)C1. The number of piperidine rings is 1.